The Balaban J connectivity index is 1.62. The number of carbonyl (C=O) groups is 3. The Morgan fingerprint density at radius 1 is 1.06 bits per heavy atom. The van der Waals surface area contributed by atoms with Gasteiger partial charge < -0.3 is 5.32 Å². The van der Waals surface area contributed by atoms with Crippen LogP contribution in [0.25, 0.3) is 16.9 Å². The smallest absolute Gasteiger partial charge is 0.282 e. The number of hydrogen-bond acceptors (Lipinski definition) is 5. The van der Waals surface area contributed by atoms with Gasteiger partial charge in [0.2, 0.25) is 0 Å². The molecule has 0 spiro atoms. The number of alkyl halides is 2. The average Bonchev–Trinajstić information content (AvgIpc) is 3.41. The number of pyridine rings is 1. The number of nitrogens with zero attached hydrogens (tertiary/aromatic N) is 3. The van der Waals surface area contributed by atoms with E-state index in [2.05, 4.69) is 36.6 Å². The van der Waals surface area contributed by atoms with Gasteiger partial charge in [-0.3, -0.25) is 19.7 Å². The van der Waals surface area contributed by atoms with Gasteiger partial charge >= 0.3 is 0 Å². The van der Waals surface area contributed by atoms with Gasteiger partial charge in [-0.25, -0.2) is 18.4 Å². The maximum absolute atomic E-state index is 13.5. The molecule has 0 unspecified atom stereocenters. The lowest BCUT2D eigenvalue weighted by atomic mass is 9.93. The third-order valence-electron chi connectivity index (χ3n) is 5.57. The molecule has 1 aliphatic rings. The highest BCUT2D eigenvalue weighted by Gasteiger charge is 2.32. The van der Waals surface area contributed by atoms with E-state index in [0.717, 1.165) is 16.3 Å². The van der Waals surface area contributed by atoms with Gasteiger partial charge in [0.15, 0.2) is 5.82 Å². The van der Waals surface area contributed by atoms with Crippen LogP contribution in [0.1, 0.15) is 48.9 Å². The first-order chi connectivity index (χ1) is 17.2. The van der Waals surface area contributed by atoms with Gasteiger partial charge in [0.05, 0.1) is 11.1 Å². The Kier molecular flexibility index (Phi) is 5.92. The van der Waals surface area contributed by atoms with Crippen molar-refractivity contribution in [2.24, 2.45) is 0 Å². The highest BCUT2D eigenvalue weighted by atomic mass is 79.9. The summed E-state index contributed by atoms with van der Waals surface area (Å²) in [7, 11) is 0. The van der Waals surface area contributed by atoms with E-state index in [1.165, 1.54) is 24.4 Å². The normalized spacial score (nSPS) is 12.6. The lowest BCUT2D eigenvalue weighted by Gasteiger charge is -2.15. The number of aryl methyl sites for hydroxylation is 1. The predicted molar refractivity (Wildman–Crippen MR) is 130 cm³/mol. The summed E-state index contributed by atoms with van der Waals surface area (Å²) in [5.74, 6) is -1.72. The van der Waals surface area contributed by atoms with Crippen LogP contribution in [0.2, 0.25) is 0 Å². The van der Waals surface area contributed by atoms with Gasteiger partial charge in [-0.15, -0.1) is 0 Å². The Bertz CT molecular complexity index is 1550. The van der Waals surface area contributed by atoms with E-state index in [4.69, 9.17) is 0 Å². The first-order valence-electron chi connectivity index (χ1n) is 10.6. The molecule has 3 heterocycles. The number of nitrogens with one attached hydrogen (secondary N) is 2. The summed E-state index contributed by atoms with van der Waals surface area (Å²) in [5.41, 5.74) is 1.59. The molecular formula is C25H16BrF2N5O3. The monoisotopic (exact) mass is 551 g/mol. The van der Waals surface area contributed by atoms with Crippen molar-refractivity contribution in [3.05, 3.63) is 93.3 Å². The maximum Gasteiger partial charge on any atom is 0.282 e. The van der Waals surface area contributed by atoms with Gasteiger partial charge in [-0.2, -0.15) is 5.10 Å². The molecular weight excluding hydrogens is 536 g/mol. The zero-order valence-electron chi connectivity index (χ0n) is 18.6. The van der Waals surface area contributed by atoms with Gasteiger partial charge in [0.25, 0.3) is 24.1 Å². The van der Waals surface area contributed by atoms with Crippen LogP contribution in [0.5, 0.6) is 0 Å². The molecule has 2 aromatic heterocycles. The molecule has 1 aliphatic heterocycles. The summed E-state index contributed by atoms with van der Waals surface area (Å²) >= 11 is 3.26. The molecule has 5 rings (SSSR count). The third-order valence-corrected chi connectivity index (χ3v) is 6.04. The second-order valence-corrected chi connectivity index (χ2v) is 8.93. The van der Waals surface area contributed by atoms with Crippen molar-refractivity contribution in [3.8, 4) is 16.9 Å². The van der Waals surface area contributed by atoms with Gasteiger partial charge in [0, 0.05) is 21.9 Å². The molecule has 0 saturated carbocycles. The number of rotatable bonds is 5. The summed E-state index contributed by atoms with van der Waals surface area (Å²) in [6.07, 6.45) is -1.46. The quantitative estimate of drug-likeness (QED) is 0.336. The van der Waals surface area contributed by atoms with E-state index in [0.29, 0.717) is 15.6 Å². The number of fused-ring (bicyclic) bond motifs is 1. The standard InChI is InChI=1S/C25H16BrF2N5O3/c1-12-3-2-4-13(9-12)20-16(7-6-15-21(20)25(36)31-23(15)34)30-24(35)18-10-17(22(27)28)32-33(18)19-8-5-14(26)11-29-19/h2-11,22H,1H3,(H,30,35)(H,31,34,36). The number of carbonyl (C=O) groups excluding carboxylic acids is 3. The van der Waals surface area contributed by atoms with Crippen LogP contribution >= 0.6 is 15.9 Å². The van der Waals surface area contributed by atoms with Crippen molar-refractivity contribution >= 4 is 39.3 Å². The Morgan fingerprint density at radius 3 is 2.56 bits per heavy atom. The fourth-order valence-corrected chi connectivity index (χ4v) is 4.22. The zero-order chi connectivity index (χ0) is 25.6. The minimum atomic E-state index is -2.91. The molecule has 180 valence electrons. The van der Waals surface area contributed by atoms with Crippen molar-refractivity contribution in [2.75, 3.05) is 5.32 Å². The van der Waals surface area contributed by atoms with Crippen molar-refractivity contribution in [1.82, 2.24) is 20.1 Å². The van der Waals surface area contributed by atoms with Crippen LogP contribution in [0.3, 0.4) is 0 Å². The molecule has 0 fully saturated rings. The summed E-state index contributed by atoms with van der Waals surface area (Å²) in [6, 6.07) is 14.3. The molecule has 0 atom stereocenters. The fraction of sp³-hybridized carbons (Fsp3) is 0.0800. The number of imide groups is 1. The molecule has 8 nitrogen and oxygen atoms in total. The van der Waals surface area contributed by atoms with Gasteiger partial charge in [0.1, 0.15) is 11.4 Å². The van der Waals surface area contributed by atoms with Crippen molar-refractivity contribution in [1.29, 1.82) is 0 Å². The van der Waals surface area contributed by atoms with Crippen LogP contribution in [0.15, 0.2) is 65.3 Å². The molecule has 36 heavy (non-hydrogen) atoms. The van der Waals surface area contributed by atoms with Crippen LogP contribution in [-0.2, 0) is 0 Å². The molecule has 0 saturated heterocycles. The van der Waals surface area contributed by atoms with Crippen molar-refractivity contribution in [3.63, 3.8) is 0 Å². The number of anilines is 1. The molecule has 0 aliphatic carbocycles. The Hall–Kier alpha value is -4.25. The van der Waals surface area contributed by atoms with Crippen LogP contribution in [0, 0.1) is 6.92 Å². The molecule has 0 bridgehead atoms. The first-order valence-corrected chi connectivity index (χ1v) is 11.4. The van der Waals surface area contributed by atoms with E-state index in [1.54, 1.807) is 18.2 Å². The lowest BCUT2D eigenvalue weighted by Crippen LogP contribution is -2.20. The van der Waals surface area contributed by atoms with E-state index in [9.17, 15) is 23.2 Å². The summed E-state index contributed by atoms with van der Waals surface area (Å²) in [6.45, 7) is 1.87. The van der Waals surface area contributed by atoms with Crippen molar-refractivity contribution < 1.29 is 23.2 Å². The van der Waals surface area contributed by atoms with E-state index >= 15 is 0 Å². The highest BCUT2D eigenvalue weighted by molar-refractivity contribution is 9.10. The average molecular weight is 552 g/mol. The maximum atomic E-state index is 13.5. The predicted octanol–water partition coefficient (Wildman–Crippen LogP) is 5.08. The topological polar surface area (TPSA) is 106 Å². The largest absolute Gasteiger partial charge is 0.320 e. The molecule has 11 heteroatoms. The van der Waals surface area contributed by atoms with Crippen LogP contribution in [-0.4, -0.2) is 32.5 Å². The summed E-state index contributed by atoms with van der Waals surface area (Å²) in [5, 5.41) is 8.84. The van der Waals surface area contributed by atoms with Crippen LogP contribution < -0.4 is 10.6 Å². The number of aromatic nitrogens is 3. The third kappa shape index (κ3) is 4.17. The molecule has 0 radical (unpaired) electrons. The number of amides is 3. The second-order valence-electron chi connectivity index (χ2n) is 8.02. The van der Waals surface area contributed by atoms with E-state index < -0.39 is 29.8 Å². The highest BCUT2D eigenvalue weighted by Crippen LogP contribution is 2.37. The number of hydrogen-bond donors (Lipinski definition) is 2. The van der Waals surface area contributed by atoms with Crippen LogP contribution in [0.4, 0.5) is 14.5 Å². The fourth-order valence-electron chi connectivity index (χ4n) is 3.99. The minimum Gasteiger partial charge on any atom is -0.320 e. The molecule has 4 aromatic rings. The number of benzene rings is 2. The van der Waals surface area contributed by atoms with Gasteiger partial charge in [-0.05, 0) is 58.7 Å². The Labute approximate surface area is 211 Å². The SMILES string of the molecule is Cc1cccc(-c2c(NC(=O)c3cc(C(F)F)nn3-c3ccc(Br)cn3)ccc3c2C(=O)NC3=O)c1. The van der Waals surface area contributed by atoms with E-state index in [-0.39, 0.29) is 28.3 Å². The first kappa shape index (κ1) is 23.5. The Morgan fingerprint density at radius 2 is 1.86 bits per heavy atom. The molecule has 3 amide bonds. The molecule has 2 aromatic carbocycles. The zero-order valence-corrected chi connectivity index (χ0v) is 20.1. The summed E-state index contributed by atoms with van der Waals surface area (Å²) < 4.78 is 28.6. The number of halogens is 3. The summed E-state index contributed by atoms with van der Waals surface area (Å²) in [4.78, 5) is 42.5. The molecule has 2 N–H and O–H groups in total. The van der Waals surface area contributed by atoms with Gasteiger partial charge in [-0.1, -0.05) is 29.8 Å². The minimum absolute atomic E-state index is 0.125. The van der Waals surface area contributed by atoms with E-state index in [1.807, 2.05) is 19.1 Å². The van der Waals surface area contributed by atoms with Crippen molar-refractivity contribution in [2.45, 2.75) is 13.3 Å². The lowest BCUT2D eigenvalue weighted by molar-refractivity contribution is 0.0878. The second kappa shape index (κ2) is 9.08.